The van der Waals surface area contributed by atoms with Crippen molar-refractivity contribution in [1.82, 2.24) is 9.58 Å². The summed E-state index contributed by atoms with van der Waals surface area (Å²) < 4.78 is 2.20. The Morgan fingerprint density at radius 1 is 1.16 bits per heavy atom. The van der Waals surface area contributed by atoms with Crippen LogP contribution in [0.4, 0.5) is 0 Å². The number of nitrogens with one attached hydrogen (secondary N) is 1. The van der Waals surface area contributed by atoms with Gasteiger partial charge in [-0.15, -0.1) is 0 Å². The molecule has 0 fully saturated rings. The number of hydrazone groups is 1. The molecule has 31 heavy (non-hydrogen) atoms. The number of amidine groups is 2. The highest BCUT2D eigenvalue weighted by molar-refractivity contribution is 8.26. The molecule has 2 aromatic rings. The number of carbonyl (C=O) groups is 1. The molecule has 6 nitrogen and oxygen atoms in total. The molecule has 0 unspecified atom stereocenters. The lowest BCUT2D eigenvalue weighted by Crippen LogP contribution is -2.35. The van der Waals surface area contributed by atoms with E-state index in [9.17, 15) is 4.79 Å². The number of nitrogens with zero attached hydrogens (tertiary/aromatic N) is 4. The summed E-state index contributed by atoms with van der Waals surface area (Å²) in [7, 11) is 0. The van der Waals surface area contributed by atoms with Crippen LogP contribution in [-0.4, -0.2) is 31.5 Å². The molecule has 1 aromatic heterocycles. The third-order valence-electron chi connectivity index (χ3n) is 5.45. The van der Waals surface area contributed by atoms with E-state index in [1.54, 1.807) is 6.08 Å². The van der Waals surface area contributed by atoms with Gasteiger partial charge in [-0.3, -0.25) is 10.2 Å². The third-order valence-corrected chi connectivity index (χ3v) is 6.39. The zero-order chi connectivity index (χ0) is 22.4. The first kappa shape index (κ1) is 21.3. The Morgan fingerprint density at radius 2 is 1.90 bits per heavy atom. The summed E-state index contributed by atoms with van der Waals surface area (Å²) >= 11 is 1.38. The largest absolute Gasteiger partial charge is 0.318 e. The van der Waals surface area contributed by atoms with Gasteiger partial charge in [-0.1, -0.05) is 26.0 Å². The topological polar surface area (TPSA) is 73.8 Å². The van der Waals surface area contributed by atoms with Crippen molar-refractivity contribution < 1.29 is 4.79 Å². The summed E-state index contributed by atoms with van der Waals surface area (Å²) in [6.07, 6.45) is 2.58. The Morgan fingerprint density at radius 3 is 2.61 bits per heavy atom. The number of amides is 1. The summed E-state index contributed by atoms with van der Waals surface area (Å²) in [5.41, 5.74) is 6.77. The second-order valence-corrected chi connectivity index (χ2v) is 9.60. The molecule has 0 saturated heterocycles. The van der Waals surface area contributed by atoms with Gasteiger partial charge in [0.05, 0.1) is 5.57 Å². The van der Waals surface area contributed by atoms with Crippen LogP contribution in [0, 0.1) is 39.0 Å². The number of fused-ring (bicyclic) bond motifs is 1. The predicted molar refractivity (Wildman–Crippen MR) is 129 cm³/mol. The number of aliphatic imine (C=N–C) groups is 1. The quantitative estimate of drug-likeness (QED) is 0.658. The molecule has 7 heteroatoms. The van der Waals surface area contributed by atoms with Crippen molar-refractivity contribution >= 4 is 39.8 Å². The van der Waals surface area contributed by atoms with Gasteiger partial charge in [-0.05, 0) is 80.3 Å². The smallest absolute Gasteiger partial charge is 0.283 e. The fraction of sp³-hybridized carbons (Fsp3) is 0.333. The Balaban J connectivity index is 1.73. The highest BCUT2D eigenvalue weighted by atomic mass is 32.2. The zero-order valence-corrected chi connectivity index (χ0v) is 19.6. The van der Waals surface area contributed by atoms with Gasteiger partial charge in [-0.25, -0.2) is 0 Å². The maximum Gasteiger partial charge on any atom is 0.283 e. The molecule has 0 radical (unpaired) electrons. The van der Waals surface area contributed by atoms with E-state index in [1.165, 1.54) is 27.9 Å². The van der Waals surface area contributed by atoms with E-state index in [0.717, 1.165) is 34.1 Å². The van der Waals surface area contributed by atoms with Gasteiger partial charge in [0.15, 0.2) is 5.84 Å². The highest BCUT2D eigenvalue weighted by Gasteiger charge is 2.35. The van der Waals surface area contributed by atoms with Crippen molar-refractivity contribution in [3.8, 4) is 5.69 Å². The minimum atomic E-state index is -0.388. The van der Waals surface area contributed by atoms with Crippen LogP contribution in [0.5, 0.6) is 0 Å². The molecule has 0 saturated carbocycles. The SMILES string of the molecule is Cc1ccc(C)c(-n2c(C)cc(/C=C3\C(=N)N4N=C(CC(C)C)SC4=NC3=O)c2C)c1. The second-order valence-electron chi connectivity index (χ2n) is 8.56. The van der Waals surface area contributed by atoms with Gasteiger partial charge >= 0.3 is 0 Å². The first-order valence-corrected chi connectivity index (χ1v) is 11.2. The molecule has 2 aliphatic heterocycles. The minimum Gasteiger partial charge on any atom is -0.318 e. The monoisotopic (exact) mass is 433 g/mol. The molecular formula is C24H27N5OS. The van der Waals surface area contributed by atoms with Crippen LogP contribution >= 0.6 is 11.8 Å². The number of hydrogen-bond donors (Lipinski definition) is 1. The molecule has 0 spiro atoms. The molecule has 0 aliphatic carbocycles. The van der Waals surface area contributed by atoms with Crippen molar-refractivity contribution in [2.75, 3.05) is 0 Å². The minimum absolute atomic E-state index is 0.0813. The van der Waals surface area contributed by atoms with Crippen LogP contribution < -0.4 is 0 Å². The lowest BCUT2D eigenvalue weighted by atomic mass is 10.1. The Kier molecular flexibility index (Phi) is 5.47. The van der Waals surface area contributed by atoms with Gasteiger partial charge in [-0.2, -0.15) is 15.1 Å². The molecule has 1 aromatic carbocycles. The van der Waals surface area contributed by atoms with Gasteiger partial charge in [0.25, 0.3) is 5.91 Å². The fourth-order valence-electron chi connectivity index (χ4n) is 3.88. The first-order valence-electron chi connectivity index (χ1n) is 10.4. The lowest BCUT2D eigenvalue weighted by Gasteiger charge is -2.20. The number of rotatable bonds is 4. The van der Waals surface area contributed by atoms with E-state index in [4.69, 9.17) is 5.41 Å². The molecule has 4 rings (SSSR count). The lowest BCUT2D eigenvalue weighted by molar-refractivity contribution is -0.114. The molecule has 0 bridgehead atoms. The number of hydrogen-bond acceptors (Lipinski definition) is 4. The molecule has 1 amide bonds. The van der Waals surface area contributed by atoms with Crippen molar-refractivity contribution in [3.05, 3.63) is 57.9 Å². The average molecular weight is 434 g/mol. The van der Waals surface area contributed by atoms with Gasteiger partial charge in [0.1, 0.15) is 5.04 Å². The van der Waals surface area contributed by atoms with Crippen LogP contribution in [0.2, 0.25) is 0 Å². The zero-order valence-electron chi connectivity index (χ0n) is 18.8. The van der Waals surface area contributed by atoms with E-state index in [0.29, 0.717) is 11.1 Å². The second kappa shape index (κ2) is 7.96. The summed E-state index contributed by atoms with van der Waals surface area (Å²) in [6.45, 7) is 12.5. The van der Waals surface area contributed by atoms with E-state index >= 15 is 0 Å². The summed E-state index contributed by atoms with van der Waals surface area (Å²) in [5.74, 6) is 0.141. The number of aryl methyl sites for hydroxylation is 3. The molecule has 1 N–H and O–H groups in total. The van der Waals surface area contributed by atoms with Gasteiger partial charge < -0.3 is 4.57 Å². The van der Waals surface area contributed by atoms with Crippen molar-refractivity contribution in [1.29, 1.82) is 5.41 Å². The summed E-state index contributed by atoms with van der Waals surface area (Å²) in [6, 6.07) is 8.45. The number of carbonyl (C=O) groups excluding carboxylic acids is 1. The predicted octanol–water partition coefficient (Wildman–Crippen LogP) is 5.38. The number of aromatic nitrogens is 1. The molecule has 3 heterocycles. The van der Waals surface area contributed by atoms with Crippen LogP contribution in [-0.2, 0) is 4.79 Å². The van der Waals surface area contributed by atoms with E-state index in [1.807, 2.05) is 6.92 Å². The van der Waals surface area contributed by atoms with E-state index in [2.05, 4.69) is 73.5 Å². The first-order chi connectivity index (χ1) is 14.7. The van der Waals surface area contributed by atoms with Crippen LogP contribution in [0.15, 0.2) is 39.9 Å². The standard InChI is InChI=1S/C24H27N5OS/c1-13(2)9-21-27-29-22(25)19(23(30)26-24(29)31-21)12-18-11-16(5)28(17(18)6)20-10-14(3)7-8-15(20)4/h7-8,10-13,25H,9H2,1-6H3/b19-12+,25-22?. The van der Waals surface area contributed by atoms with E-state index in [-0.39, 0.29) is 17.3 Å². The molecule has 2 aliphatic rings. The number of benzene rings is 1. The Labute approximate surface area is 187 Å². The summed E-state index contributed by atoms with van der Waals surface area (Å²) in [4.78, 5) is 17.0. The maximum absolute atomic E-state index is 12.8. The number of thioether (sulfide) groups is 1. The van der Waals surface area contributed by atoms with Crippen molar-refractivity contribution in [2.45, 2.75) is 48.0 Å². The average Bonchev–Trinajstić information content (AvgIpc) is 3.20. The molecule has 160 valence electrons. The van der Waals surface area contributed by atoms with Gasteiger partial charge in [0, 0.05) is 23.5 Å². The van der Waals surface area contributed by atoms with Gasteiger partial charge in [0.2, 0.25) is 5.17 Å². The Hall–Kier alpha value is -2.93. The molecular weight excluding hydrogens is 406 g/mol. The van der Waals surface area contributed by atoms with Crippen molar-refractivity contribution in [2.24, 2.45) is 16.0 Å². The van der Waals surface area contributed by atoms with Crippen LogP contribution in [0.1, 0.15) is 48.3 Å². The third kappa shape index (κ3) is 3.90. The Bertz CT molecular complexity index is 1200. The fourth-order valence-corrected chi connectivity index (χ4v) is 4.98. The van der Waals surface area contributed by atoms with E-state index < -0.39 is 0 Å². The summed E-state index contributed by atoms with van der Waals surface area (Å²) in [5, 5.41) is 16.0. The highest BCUT2D eigenvalue weighted by Crippen LogP contribution is 2.32. The van der Waals surface area contributed by atoms with Crippen molar-refractivity contribution in [3.63, 3.8) is 0 Å². The van der Waals surface area contributed by atoms with Crippen LogP contribution in [0.3, 0.4) is 0 Å². The normalized spacial score (nSPS) is 17.5. The maximum atomic E-state index is 12.8. The molecule has 0 atom stereocenters. The van der Waals surface area contributed by atoms with Crippen LogP contribution in [0.25, 0.3) is 11.8 Å².